The fraction of sp³-hybridized carbons (Fsp3) is 0.364. The lowest BCUT2D eigenvalue weighted by atomic mass is 10.1. The number of ether oxygens (including phenoxy) is 3. The fourth-order valence-corrected chi connectivity index (χ4v) is 2.79. The predicted molar refractivity (Wildman–Crippen MR) is 115 cm³/mol. The molecular weight excluding hydrogens is 438 g/mol. The van der Waals surface area contributed by atoms with Gasteiger partial charge in [0.05, 0.1) is 13.7 Å². The van der Waals surface area contributed by atoms with Crippen molar-refractivity contribution in [3.63, 3.8) is 0 Å². The molecule has 2 rings (SSSR count). The first kappa shape index (κ1) is 22.7. The third kappa shape index (κ3) is 7.77. The molecule has 0 unspecified atom stereocenters. The Labute approximate surface area is 179 Å². The average molecular weight is 464 g/mol. The van der Waals surface area contributed by atoms with E-state index in [1.165, 1.54) is 7.11 Å². The third-order valence-electron chi connectivity index (χ3n) is 3.88. The van der Waals surface area contributed by atoms with Crippen LogP contribution in [-0.2, 0) is 14.3 Å². The summed E-state index contributed by atoms with van der Waals surface area (Å²) in [4.78, 5) is 23.9. The van der Waals surface area contributed by atoms with Crippen LogP contribution in [-0.4, -0.2) is 37.4 Å². The Morgan fingerprint density at radius 1 is 1.00 bits per heavy atom. The summed E-state index contributed by atoms with van der Waals surface area (Å²) >= 11 is 3.43. The molecule has 0 saturated heterocycles. The van der Waals surface area contributed by atoms with Gasteiger partial charge in [0.15, 0.2) is 0 Å². The normalized spacial score (nSPS) is 12.0. The van der Waals surface area contributed by atoms with Gasteiger partial charge in [-0.1, -0.05) is 40.2 Å². The van der Waals surface area contributed by atoms with E-state index in [0.29, 0.717) is 5.75 Å². The van der Waals surface area contributed by atoms with Crippen molar-refractivity contribution < 1.29 is 23.8 Å². The molecule has 1 atom stereocenters. The molecule has 0 radical (unpaired) electrons. The van der Waals surface area contributed by atoms with Crippen molar-refractivity contribution in [3.8, 4) is 16.9 Å². The van der Waals surface area contributed by atoms with Gasteiger partial charge in [0.2, 0.25) is 0 Å². The molecule has 2 aromatic carbocycles. The quantitative estimate of drug-likeness (QED) is 0.587. The van der Waals surface area contributed by atoms with Crippen molar-refractivity contribution >= 4 is 28.0 Å². The lowest BCUT2D eigenvalue weighted by Gasteiger charge is -2.22. The van der Waals surface area contributed by atoms with Crippen LogP contribution in [0.3, 0.4) is 0 Å². The van der Waals surface area contributed by atoms with Crippen LogP contribution < -0.4 is 10.1 Å². The van der Waals surface area contributed by atoms with E-state index in [-0.39, 0.29) is 13.0 Å². The molecule has 1 amide bonds. The number of hydrogen-bond donors (Lipinski definition) is 1. The van der Waals surface area contributed by atoms with E-state index in [4.69, 9.17) is 14.2 Å². The minimum Gasteiger partial charge on any atom is -0.494 e. The van der Waals surface area contributed by atoms with Crippen LogP contribution in [0.4, 0.5) is 4.79 Å². The van der Waals surface area contributed by atoms with Gasteiger partial charge in [0.1, 0.15) is 17.4 Å². The standard InChI is InChI=1S/C22H26BrNO5/c1-22(2,3)29-21(26)24-19(20(25)27-4)13-14-28-18-11-7-16(8-12-18)15-5-9-17(23)10-6-15/h5-12,19H,13-14H2,1-4H3,(H,24,26)/t19-/m0/s1. The Balaban J connectivity index is 1.90. The number of methoxy groups -OCH3 is 1. The van der Waals surface area contributed by atoms with Crippen LogP contribution in [0.5, 0.6) is 5.75 Å². The second-order valence-corrected chi connectivity index (χ2v) is 8.31. The van der Waals surface area contributed by atoms with Crippen molar-refractivity contribution in [2.24, 2.45) is 0 Å². The van der Waals surface area contributed by atoms with Gasteiger partial charge in [-0.2, -0.15) is 0 Å². The van der Waals surface area contributed by atoms with Crippen LogP contribution in [0, 0.1) is 0 Å². The van der Waals surface area contributed by atoms with Gasteiger partial charge >= 0.3 is 12.1 Å². The lowest BCUT2D eigenvalue weighted by molar-refractivity contribution is -0.143. The molecule has 2 aromatic rings. The highest BCUT2D eigenvalue weighted by Gasteiger charge is 2.25. The van der Waals surface area contributed by atoms with Crippen molar-refractivity contribution in [2.45, 2.75) is 38.8 Å². The first-order valence-corrected chi connectivity index (χ1v) is 10.0. The van der Waals surface area contributed by atoms with E-state index in [9.17, 15) is 9.59 Å². The topological polar surface area (TPSA) is 73.9 Å². The summed E-state index contributed by atoms with van der Waals surface area (Å²) in [5.74, 6) is 0.122. The summed E-state index contributed by atoms with van der Waals surface area (Å²) in [7, 11) is 1.27. The Morgan fingerprint density at radius 3 is 2.07 bits per heavy atom. The molecule has 0 fully saturated rings. The number of alkyl carbamates (subject to hydrolysis) is 1. The van der Waals surface area contributed by atoms with Gasteiger partial charge in [-0.3, -0.25) is 0 Å². The molecular formula is C22H26BrNO5. The number of carbonyl (C=O) groups is 2. The monoisotopic (exact) mass is 463 g/mol. The van der Waals surface area contributed by atoms with E-state index in [1.807, 2.05) is 48.5 Å². The van der Waals surface area contributed by atoms with Crippen molar-refractivity contribution in [2.75, 3.05) is 13.7 Å². The SMILES string of the molecule is COC(=O)[C@H](CCOc1ccc(-c2ccc(Br)cc2)cc1)NC(=O)OC(C)(C)C. The number of halogens is 1. The van der Waals surface area contributed by atoms with Gasteiger partial charge in [0, 0.05) is 10.9 Å². The zero-order valence-electron chi connectivity index (χ0n) is 17.0. The number of benzene rings is 2. The van der Waals surface area contributed by atoms with Crippen molar-refractivity contribution in [1.29, 1.82) is 0 Å². The molecule has 0 heterocycles. The highest BCUT2D eigenvalue weighted by Crippen LogP contribution is 2.24. The zero-order chi connectivity index (χ0) is 21.4. The minimum absolute atomic E-state index is 0.229. The predicted octanol–water partition coefficient (Wildman–Crippen LogP) is 4.95. The van der Waals surface area contributed by atoms with Crippen LogP contribution >= 0.6 is 15.9 Å². The molecule has 0 aromatic heterocycles. The highest BCUT2D eigenvalue weighted by atomic mass is 79.9. The Bertz CT molecular complexity index is 813. The first-order chi connectivity index (χ1) is 13.7. The van der Waals surface area contributed by atoms with Gasteiger partial charge in [-0.05, 0) is 56.2 Å². The summed E-state index contributed by atoms with van der Waals surface area (Å²) in [6, 6.07) is 14.9. The van der Waals surface area contributed by atoms with Crippen molar-refractivity contribution in [3.05, 3.63) is 53.0 Å². The number of carbonyl (C=O) groups excluding carboxylic acids is 2. The van der Waals surface area contributed by atoms with E-state index in [1.54, 1.807) is 20.8 Å². The maximum Gasteiger partial charge on any atom is 0.408 e. The largest absolute Gasteiger partial charge is 0.494 e. The van der Waals surface area contributed by atoms with Crippen LogP contribution in [0.1, 0.15) is 27.2 Å². The highest BCUT2D eigenvalue weighted by molar-refractivity contribution is 9.10. The number of esters is 1. The second kappa shape index (κ2) is 10.3. The van der Waals surface area contributed by atoms with Gasteiger partial charge in [0.25, 0.3) is 0 Å². The van der Waals surface area contributed by atoms with E-state index < -0.39 is 23.7 Å². The van der Waals surface area contributed by atoms with Crippen molar-refractivity contribution in [1.82, 2.24) is 5.32 Å². The van der Waals surface area contributed by atoms with E-state index in [0.717, 1.165) is 15.6 Å². The van der Waals surface area contributed by atoms with Crippen LogP contribution in [0.15, 0.2) is 53.0 Å². The maximum absolute atomic E-state index is 11.9. The summed E-state index contributed by atoms with van der Waals surface area (Å²) in [6.45, 7) is 5.48. The van der Waals surface area contributed by atoms with Gasteiger partial charge in [-0.25, -0.2) is 9.59 Å². The van der Waals surface area contributed by atoms with Crippen LogP contribution in [0.2, 0.25) is 0 Å². The fourth-order valence-electron chi connectivity index (χ4n) is 2.52. The molecule has 0 aliphatic rings. The van der Waals surface area contributed by atoms with Gasteiger partial charge in [-0.15, -0.1) is 0 Å². The van der Waals surface area contributed by atoms with E-state index in [2.05, 4.69) is 21.2 Å². The molecule has 6 nitrogen and oxygen atoms in total. The number of rotatable bonds is 7. The summed E-state index contributed by atoms with van der Waals surface area (Å²) in [5, 5.41) is 2.53. The number of amides is 1. The Morgan fingerprint density at radius 2 is 1.55 bits per heavy atom. The molecule has 29 heavy (non-hydrogen) atoms. The third-order valence-corrected chi connectivity index (χ3v) is 4.41. The smallest absolute Gasteiger partial charge is 0.408 e. The molecule has 0 aliphatic heterocycles. The Hall–Kier alpha value is -2.54. The second-order valence-electron chi connectivity index (χ2n) is 7.39. The maximum atomic E-state index is 11.9. The average Bonchev–Trinajstić information content (AvgIpc) is 2.66. The summed E-state index contributed by atoms with van der Waals surface area (Å²) < 4.78 is 16.7. The number of hydrogen-bond acceptors (Lipinski definition) is 5. The zero-order valence-corrected chi connectivity index (χ0v) is 18.6. The molecule has 0 spiro atoms. The van der Waals surface area contributed by atoms with Gasteiger partial charge < -0.3 is 19.5 Å². The number of nitrogens with one attached hydrogen (secondary N) is 1. The minimum atomic E-state index is -0.850. The molecule has 0 aliphatic carbocycles. The molecule has 0 bridgehead atoms. The van der Waals surface area contributed by atoms with Crippen LogP contribution in [0.25, 0.3) is 11.1 Å². The molecule has 0 saturated carbocycles. The Kier molecular flexibility index (Phi) is 8.08. The van der Waals surface area contributed by atoms with E-state index >= 15 is 0 Å². The summed E-state index contributed by atoms with van der Waals surface area (Å²) in [5.41, 5.74) is 1.52. The lowest BCUT2D eigenvalue weighted by Crippen LogP contribution is -2.44. The molecule has 1 N–H and O–H groups in total. The molecule has 7 heteroatoms. The summed E-state index contributed by atoms with van der Waals surface area (Å²) in [6.07, 6.45) is -0.424. The first-order valence-electron chi connectivity index (χ1n) is 9.24. The molecule has 156 valence electrons.